The van der Waals surface area contributed by atoms with Gasteiger partial charge in [0.25, 0.3) is 0 Å². The van der Waals surface area contributed by atoms with Crippen molar-refractivity contribution in [1.29, 1.82) is 0 Å². The van der Waals surface area contributed by atoms with Gasteiger partial charge >= 0.3 is 0 Å². The van der Waals surface area contributed by atoms with Crippen molar-refractivity contribution in [2.75, 3.05) is 13.1 Å². The Labute approximate surface area is 191 Å². The van der Waals surface area contributed by atoms with Crippen LogP contribution in [0.15, 0.2) is 77.7 Å². The maximum absolute atomic E-state index is 13.7. The molecule has 1 fully saturated rings. The molecule has 1 aliphatic rings. The van der Waals surface area contributed by atoms with Crippen LogP contribution < -0.4 is 0 Å². The summed E-state index contributed by atoms with van der Waals surface area (Å²) in [6.07, 6.45) is 1.62. The summed E-state index contributed by atoms with van der Waals surface area (Å²) in [5.74, 6) is 0. The molecule has 4 rings (SSSR count). The Bertz CT molecular complexity index is 1120. The third kappa shape index (κ3) is 5.44. The summed E-state index contributed by atoms with van der Waals surface area (Å²) in [4.78, 5) is 7.34. The molecule has 1 aliphatic heterocycles. The molecule has 0 aliphatic carbocycles. The molecule has 0 spiro atoms. The summed E-state index contributed by atoms with van der Waals surface area (Å²) in [5.41, 5.74) is 4.02. The number of benzene rings is 2. The van der Waals surface area contributed by atoms with E-state index in [2.05, 4.69) is 34.1 Å². The van der Waals surface area contributed by atoms with E-state index in [9.17, 15) is 8.42 Å². The van der Waals surface area contributed by atoms with Crippen LogP contribution >= 0.6 is 0 Å². The molecule has 0 unspecified atom stereocenters. The van der Waals surface area contributed by atoms with Gasteiger partial charge in [0.2, 0.25) is 10.0 Å². The minimum Gasteiger partial charge on any atom is -0.299 e. The van der Waals surface area contributed by atoms with Crippen molar-refractivity contribution in [3.05, 3.63) is 95.3 Å². The first-order valence-electron chi connectivity index (χ1n) is 11.2. The molecule has 0 saturated carbocycles. The molecule has 3 aromatic rings. The Morgan fingerprint density at radius 2 is 1.59 bits per heavy atom. The van der Waals surface area contributed by atoms with Crippen molar-refractivity contribution in [2.45, 2.75) is 50.7 Å². The van der Waals surface area contributed by atoms with Crippen LogP contribution in [0.2, 0.25) is 0 Å². The number of sulfonamides is 1. The van der Waals surface area contributed by atoms with E-state index >= 15 is 0 Å². The summed E-state index contributed by atoms with van der Waals surface area (Å²) in [6, 6.07) is 23.3. The molecule has 32 heavy (non-hydrogen) atoms. The number of aromatic nitrogens is 1. The number of likely N-dealkylation sites (tertiary alicyclic amines) is 1. The smallest absolute Gasteiger partial charge is 0.243 e. The number of pyridine rings is 1. The second-order valence-corrected chi connectivity index (χ2v) is 10.5. The van der Waals surface area contributed by atoms with Gasteiger partial charge < -0.3 is 0 Å². The lowest BCUT2D eigenvalue weighted by Gasteiger charge is -2.37. The van der Waals surface area contributed by atoms with Gasteiger partial charge in [0, 0.05) is 31.4 Å². The Morgan fingerprint density at radius 1 is 0.906 bits per heavy atom. The van der Waals surface area contributed by atoms with Gasteiger partial charge in [-0.15, -0.1) is 0 Å². The minimum absolute atomic E-state index is 0.0457. The summed E-state index contributed by atoms with van der Waals surface area (Å²) in [6.45, 7) is 6.85. The van der Waals surface area contributed by atoms with Crippen LogP contribution in [0.25, 0.3) is 0 Å². The molecule has 2 heterocycles. The standard InChI is InChI=1S/C26H31N3O2S/c1-21-11-13-26(14-12-21)32(30,31)29(20-24-10-6-7-22(2)27-24)25-15-17-28(18-16-25)19-23-8-4-3-5-9-23/h3-14,25H,15-20H2,1-2H3. The third-order valence-electron chi connectivity index (χ3n) is 6.10. The zero-order chi connectivity index (χ0) is 22.6. The second kappa shape index (κ2) is 9.94. The minimum atomic E-state index is -3.63. The first-order valence-corrected chi connectivity index (χ1v) is 12.6. The van der Waals surface area contributed by atoms with Crippen molar-refractivity contribution in [2.24, 2.45) is 0 Å². The zero-order valence-electron chi connectivity index (χ0n) is 18.8. The van der Waals surface area contributed by atoms with Gasteiger partial charge in [-0.05, 0) is 56.5 Å². The van der Waals surface area contributed by atoms with E-state index in [4.69, 9.17) is 0 Å². The van der Waals surface area contributed by atoms with E-state index in [0.29, 0.717) is 11.4 Å². The Hall–Kier alpha value is -2.54. The summed E-state index contributed by atoms with van der Waals surface area (Å²) in [7, 11) is -3.63. The van der Waals surface area contributed by atoms with E-state index in [1.165, 1.54) is 5.56 Å². The van der Waals surface area contributed by atoms with Crippen molar-refractivity contribution < 1.29 is 8.42 Å². The molecular weight excluding hydrogens is 418 g/mol. The zero-order valence-corrected chi connectivity index (χ0v) is 19.6. The number of hydrogen-bond donors (Lipinski definition) is 0. The van der Waals surface area contributed by atoms with Gasteiger partial charge in [0.1, 0.15) is 0 Å². The number of piperidine rings is 1. The highest BCUT2D eigenvalue weighted by Crippen LogP contribution is 2.27. The lowest BCUT2D eigenvalue weighted by molar-refractivity contribution is 0.150. The van der Waals surface area contributed by atoms with E-state index < -0.39 is 10.0 Å². The summed E-state index contributed by atoms with van der Waals surface area (Å²) < 4.78 is 29.1. The first kappa shape index (κ1) is 22.6. The third-order valence-corrected chi connectivity index (χ3v) is 8.02. The van der Waals surface area contributed by atoms with E-state index in [0.717, 1.165) is 49.4 Å². The van der Waals surface area contributed by atoms with Crippen LogP contribution in [0.4, 0.5) is 0 Å². The topological polar surface area (TPSA) is 53.5 Å². The fourth-order valence-electron chi connectivity index (χ4n) is 4.31. The van der Waals surface area contributed by atoms with E-state index in [-0.39, 0.29) is 6.04 Å². The fraction of sp³-hybridized carbons (Fsp3) is 0.346. The van der Waals surface area contributed by atoms with Gasteiger partial charge in [-0.1, -0.05) is 54.1 Å². The molecule has 0 atom stereocenters. The molecule has 1 aromatic heterocycles. The molecule has 0 N–H and O–H groups in total. The number of aryl methyl sites for hydroxylation is 2. The van der Waals surface area contributed by atoms with E-state index in [1.54, 1.807) is 16.4 Å². The van der Waals surface area contributed by atoms with Gasteiger partial charge in [-0.2, -0.15) is 4.31 Å². The molecule has 0 radical (unpaired) electrons. The Morgan fingerprint density at radius 3 is 2.25 bits per heavy atom. The maximum Gasteiger partial charge on any atom is 0.243 e. The van der Waals surface area contributed by atoms with Crippen LogP contribution in [0.1, 0.15) is 35.4 Å². The molecule has 2 aromatic carbocycles. The second-order valence-electron chi connectivity index (χ2n) is 8.63. The lowest BCUT2D eigenvalue weighted by atomic mass is 10.0. The normalized spacial score (nSPS) is 15.8. The molecule has 1 saturated heterocycles. The average Bonchev–Trinajstić information content (AvgIpc) is 2.79. The monoisotopic (exact) mass is 449 g/mol. The lowest BCUT2D eigenvalue weighted by Crippen LogP contribution is -2.46. The average molecular weight is 450 g/mol. The van der Waals surface area contributed by atoms with E-state index in [1.807, 2.05) is 50.2 Å². The molecule has 6 heteroatoms. The summed E-state index contributed by atoms with van der Waals surface area (Å²) in [5, 5.41) is 0. The highest BCUT2D eigenvalue weighted by atomic mass is 32.2. The predicted molar refractivity (Wildman–Crippen MR) is 128 cm³/mol. The SMILES string of the molecule is Cc1ccc(S(=O)(=O)N(Cc2cccc(C)n2)C2CCN(Cc3ccccc3)CC2)cc1. The molecule has 5 nitrogen and oxygen atoms in total. The van der Waals surface area contributed by atoms with Crippen molar-refractivity contribution in [3.8, 4) is 0 Å². The van der Waals surface area contributed by atoms with Crippen molar-refractivity contribution in [1.82, 2.24) is 14.2 Å². The maximum atomic E-state index is 13.7. The quantitative estimate of drug-likeness (QED) is 0.531. The molecule has 0 bridgehead atoms. The molecule has 0 amide bonds. The van der Waals surface area contributed by atoms with Gasteiger partial charge in [0.15, 0.2) is 0 Å². The van der Waals surface area contributed by atoms with Gasteiger partial charge in [-0.3, -0.25) is 9.88 Å². The van der Waals surface area contributed by atoms with Crippen LogP contribution in [0.3, 0.4) is 0 Å². The van der Waals surface area contributed by atoms with Gasteiger partial charge in [0.05, 0.1) is 17.1 Å². The van der Waals surface area contributed by atoms with Gasteiger partial charge in [-0.25, -0.2) is 8.42 Å². The Kier molecular flexibility index (Phi) is 7.04. The fourth-order valence-corrected chi connectivity index (χ4v) is 5.97. The van der Waals surface area contributed by atoms with Crippen molar-refractivity contribution >= 4 is 10.0 Å². The molecular formula is C26H31N3O2S. The number of hydrogen-bond acceptors (Lipinski definition) is 4. The number of rotatable bonds is 7. The van der Waals surface area contributed by atoms with Crippen LogP contribution in [-0.2, 0) is 23.1 Å². The van der Waals surface area contributed by atoms with Crippen molar-refractivity contribution in [3.63, 3.8) is 0 Å². The Balaban J connectivity index is 1.55. The largest absolute Gasteiger partial charge is 0.299 e. The van der Waals surface area contributed by atoms with Crippen LogP contribution in [0, 0.1) is 13.8 Å². The van der Waals surface area contributed by atoms with Crippen LogP contribution in [-0.4, -0.2) is 41.7 Å². The number of nitrogens with zero attached hydrogens (tertiary/aromatic N) is 3. The summed E-state index contributed by atoms with van der Waals surface area (Å²) >= 11 is 0. The molecule has 168 valence electrons. The highest BCUT2D eigenvalue weighted by Gasteiger charge is 2.34. The first-order chi connectivity index (χ1) is 15.4. The highest BCUT2D eigenvalue weighted by molar-refractivity contribution is 7.89. The predicted octanol–water partition coefficient (Wildman–Crippen LogP) is 4.55. The van der Waals surface area contributed by atoms with Crippen LogP contribution in [0.5, 0.6) is 0 Å².